The van der Waals surface area contributed by atoms with Gasteiger partial charge in [-0.25, -0.2) is 4.79 Å². The molecule has 0 aliphatic rings. The number of hydrogen-bond acceptors (Lipinski definition) is 13. The summed E-state index contributed by atoms with van der Waals surface area (Å²) in [5.41, 5.74) is -0.713. The Hall–Kier alpha value is -13.3. The summed E-state index contributed by atoms with van der Waals surface area (Å²) in [6.07, 6.45) is 8.39. The van der Waals surface area contributed by atoms with Crippen molar-refractivity contribution in [3.63, 3.8) is 0 Å². The van der Waals surface area contributed by atoms with E-state index in [9.17, 15) is 52.7 Å². The molecule has 7 aromatic rings. The average Bonchev–Trinajstić information content (AvgIpc) is 0.851. The molecule has 7 aromatic carbocycles. The van der Waals surface area contributed by atoms with Crippen LogP contribution >= 0.6 is 0 Å². The first-order chi connectivity index (χ1) is 48.0. The van der Waals surface area contributed by atoms with Crippen LogP contribution in [-0.2, 0) is 57.4 Å². The molecule has 0 saturated heterocycles. The molecule has 0 heterocycles. The van der Waals surface area contributed by atoms with E-state index in [0.717, 1.165) is 7.11 Å². The van der Waals surface area contributed by atoms with Gasteiger partial charge in [-0.1, -0.05) is 212 Å². The van der Waals surface area contributed by atoms with Crippen LogP contribution in [0.25, 0.3) is 42.5 Å². The third kappa shape index (κ3) is 24.8. The van der Waals surface area contributed by atoms with Gasteiger partial charge < -0.3 is 62.6 Å². The number of ether oxygens (including phenoxy) is 2. The molecule has 0 fully saturated rings. The van der Waals surface area contributed by atoms with Crippen molar-refractivity contribution in [2.45, 2.75) is 52.3 Å². The van der Waals surface area contributed by atoms with Crippen LogP contribution in [-0.4, -0.2) is 96.6 Å². The minimum Gasteiger partial charge on any atom is -0.468 e. The molecule has 0 saturated carbocycles. The molecule has 23 heteroatoms. The Balaban J connectivity index is 1.17. The SMILES string of the molecule is COC(=O)CNC(=O)/C(=C/c1ccccc1)NC(=O)/C(=C/c1ccccc1)NC(=O)/C(=C\c1ccccc1)NC(=O)[C@H](C)NC(=O)/C(=C/c1ccccc1)NC(=O)/C(=C/c1ccccc1)NC(=O)/C(=C/c1ccccc1)NC(=O)/C(=C/c1ccccc1)NC(=O)[C@H](C)NC(=O)OC(C)(C)C. The number of carbonyl (C=O) groups is 11. The molecule has 0 aromatic heterocycles. The summed E-state index contributed by atoms with van der Waals surface area (Å²) in [7, 11) is 1.14. The quantitative estimate of drug-likeness (QED) is 0.0174. The number of esters is 1. The summed E-state index contributed by atoms with van der Waals surface area (Å²) in [6.45, 7) is 7.09. The first-order valence-corrected chi connectivity index (χ1v) is 31.2. The van der Waals surface area contributed by atoms with E-state index in [1.165, 1.54) is 56.4 Å². The first-order valence-electron chi connectivity index (χ1n) is 31.2. The van der Waals surface area contributed by atoms with Crippen molar-refractivity contribution in [1.29, 1.82) is 0 Å². The molecule has 10 N–H and O–H groups in total. The summed E-state index contributed by atoms with van der Waals surface area (Å²) >= 11 is 0. The van der Waals surface area contributed by atoms with Gasteiger partial charge in [0.25, 0.3) is 41.4 Å². The number of methoxy groups -OCH3 is 1. The fourth-order valence-corrected chi connectivity index (χ4v) is 8.76. The highest BCUT2D eigenvalue weighted by molar-refractivity contribution is 6.14. The van der Waals surface area contributed by atoms with Crippen molar-refractivity contribution in [2.24, 2.45) is 0 Å². The van der Waals surface area contributed by atoms with Gasteiger partial charge in [0, 0.05) is 0 Å². The summed E-state index contributed by atoms with van der Waals surface area (Å²) in [6, 6.07) is 55.9. The van der Waals surface area contributed by atoms with Crippen LogP contribution in [0.15, 0.2) is 252 Å². The van der Waals surface area contributed by atoms with E-state index in [4.69, 9.17) is 4.74 Å². The minimum atomic E-state index is -1.50. The average molecular weight is 1350 g/mol. The number of amides is 10. The van der Waals surface area contributed by atoms with E-state index in [2.05, 4.69) is 57.9 Å². The molecular weight excluding hydrogens is 1270 g/mol. The molecule has 7 rings (SSSR count). The van der Waals surface area contributed by atoms with Crippen molar-refractivity contribution in [1.82, 2.24) is 53.2 Å². The highest BCUT2D eigenvalue weighted by Crippen LogP contribution is 2.17. The predicted octanol–water partition coefficient (Wildman–Crippen LogP) is 7.79. The normalized spacial score (nSPS) is 12.7. The van der Waals surface area contributed by atoms with Gasteiger partial charge in [0.15, 0.2) is 0 Å². The first kappa shape index (κ1) is 74.1. The number of benzene rings is 7. The number of carbonyl (C=O) groups excluding carboxylic acids is 11. The lowest BCUT2D eigenvalue weighted by Gasteiger charge is -2.22. The predicted molar refractivity (Wildman–Crippen MR) is 379 cm³/mol. The van der Waals surface area contributed by atoms with Crippen molar-refractivity contribution in [3.05, 3.63) is 291 Å². The van der Waals surface area contributed by atoms with E-state index in [-0.39, 0.29) is 11.4 Å². The number of hydrogen-bond donors (Lipinski definition) is 10. The molecule has 0 bridgehead atoms. The maximum atomic E-state index is 14.9. The Bertz CT molecular complexity index is 4320. The number of alkyl carbamates (subject to hydrolysis) is 1. The maximum absolute atomic E-state index is 14.9. The van der Waals surface area contributed by atoms with Crippen LogP contribution in [0.4, 0.5) is 4.79 Å². The van der Waals surface area contributed by atoms with Crippen molar-refractivity contribution >= 4 is 108 Å². The lowest BCUT2D eigenvalue weighted by atomic mass is 10.1. The molecular formula is C77H74N10O13. The highest BCUT2D eigenvalue weighted by atomic mass is 16.6. The second kappa shape index (κ2) is 37.1. The summed E-state index contributed by atoms with van der Waals surface area (Å²) < 4.78 is 9.99. The van der Waals surface area contributed by atoms with Crippen LogP contribution < -0.4 is 53.2 Å². The van der Waals surface area contributed by atoms with Crippen molar-refractivity contribution in [2.75, 3.05) is 13.7 Å². The fraction of sp³-hybridized carbons (Fsp3) is 0.130. The summed E-state index contributed by atoms with van der Waals surface area (Å²) in [5, 5.41) is 25.4. The van der Waals surface area contributed by atoms with E-state index in [1.54, 1.807) is 233 Å². The third-order valence-electron chi connectivity index (χ3n) is 13.7. The molecule has 10 amide bonds. The largest absolute Gasteiger partial charge is 0.468 e. The number of nitrogens with one attached hydrogen (secondary N) is 10. The molecule has 2 atom stereocenters. The van der Waals surface area contributed by atoms with Gasteiger partial charge in [-0.3, -0.25) is 47.9 Å². The Morgan fingerprint density at radius 2 is 0.540 bits per heavy atom. The van der Waals surface area contributed by atoms with Gasteiger partial charge in [0.1, 0.15) is 64.1 Å². The van der Waals surface area contributed by atoms with Crippen LogP contribution in [0, 0.1) is 0 Å². The summed E-state index contributed by atoms with van der Waals surface area (Å²) in [4.78, 5) is 155. The fourth-order valence-electron chi connectivity index (χ4n) is 8.76. The van der Waals surface area contributed by atoms with Crippen LogP contribution in [0.1, 0.15) is 73.6 Å². The molecule has 0 radical (unpaired) electrons. The standard InChI is InChI=1S/C77H74N10O13/c1-50(67(89)81-61(44-54-32-18-9-19-33-54)71(93)85-63(46-56-36-22-11-23-37-56)73(95)83-59(42-52-28-14-7-15-29-52)69(91)78-49-66(88)99-6)79-70(92)60(43-53-30-16-8-17-31-53)84-74(96)64(47-57-38-24-12-25-39-57)87-75(97)65(48-58-40-26-13-27-41-58)86-72(94)62(45-55-34-20-10-21-35-55)82-68(90)51(2)80-76(98)100-77(3,4)5/h7-48,50-51H,49H2,1-6H3,(H,78,91)(H,79,92)(H,80,98)(H,81,89)(H,82,90)(H,83,95)(H,84,96)(H,85,93)(H,86,94)(H,87,97)/b59-42-,60-43-,61-44+,62-45-,63-46-,64-47-,65-48-/t50-,51-/m0/s1. The molecule has 0 unspecified atom stereocenters. The monoisotopic (exact) mass is 1350 g/mol. The van der Waals surface area contributed by atoms with Crippen molar-refractivity contribution < 1.29 is 62.2 Å². The lowest BCUT2D eigenvalue weighted by Crippen LogP contribution is -2.49. The van der Waals surface area contributed by atoms with Gasteiger partial charge in [-0.2, -0.15) is 0 Å². The number of rotatable bonds is 27. The molecule has 23 nitrogen and oxygen atoms in total. The molecule has 0 aliphatic carbocycles. The molecule has 0 aliphatic heterocycles. The third-order valence-corrected chi connectivity index (χ3v) is 13.7. The Labute approximate surface area is 577 Å². The van der Waals surface area contributed by atoms with E-state index in [1.807, 2.05) is 0 Å². The molecule has 100 heavy (non-hydrogen) atoms. The van der Waals surface area contributed by atoms with Gasteiger partial charge in [0.2, 0.25) is 11.8 Å². The van der Waals surface area contributed by atoms with Crippen LogP contribution in [0.3, 0.4) is 0 Å². The zero-order chi connectivity index (χ0) is 72.0. The highest BCUT2D eigenvalue weighted by Gasteiger charge is 2.29. The van der Waals surface area contributed by atoms with Crippen molar-refractivity contribution in [3.8, 4) is 0 Å². The Morgan fingerprint density at radius 3 is 0.780 bits per heavy atom. The molecule has 510 valence electrons. The van der Waals surface area contributed by atoms with Gasteiger partial charge in [0.05, 0.1) is 7.11 Å². The van der Waals surface area contributed by atoms with Gasteiger partial charge in [-0.05, 0) is 116 Å². The van der Waals surface area contributed by atoms with Gasteiger partial charge in [-0.15, -0.1) is 0 Å². The smallest absolute Gasteiger partial charge is 0.408 e. The van der Waals surface area contributed by atoms with E-state index >= 15 is 0 Å². The minimum absolute atomic E-state index is 0.321. The second-order valence-corrected chi connectivity index (χ2v) is 22.9. The summed E-state index contributed by atoms with van der Waals surface area (Å²) in [5.74, 6) is -9.62. The lowest BCUT2D eigenvalue weighted by molar-refractivity contribution is -0.140. The Kier molecular flexibility index (Phi) is 27.5. The van der Waals surface area contributed by atoms with E-state index in [0.29, 0.717) is 38.9 Å². The zero-order valence-corrected chi connectivity index (χ0v) is 55.4. The maximum Gasteiger partial charge on any atom is 0.408 e. The molecule has 0 spiro atoms. The Morgan fingerprint density at radius 1 is 0.320 bits per heavy atom. The zero-order valence-electron chi connectivity index (χ0n) is 55.4. The van der Waals surface area contributed by atoms with Gasteiger partial charge >= 0.3 is 12.1 Å². The van der Waals surface area contributed by atoms with Crippen LogP contribution in [0.2, 0.25) is 0 Å². The second-order valence-electron chi connectivity index (χ2n) is 22.9. The van der Waals surface area contributed by atoms with Crippen LogP contribution in [0.5, 0.6) is 0 Å². The topological polar surface area (TPSA) is 327 Å². The van der Waals surface area contributed by atoms with E-state index < -0.39 is 118 Å².